The molecule has 1 fully saturated rings. The minimum absolute atomic E-state index is 0.287. The highest BCUT2D eigenvalue weighted by Gasteiger charge is 2.22. The number of aromatic nitrogens is 1. The Balaban J connectivity index is 1.84. The molecule has 0 N–H and O–H groups in total. The zero-order valence-electron chi connectivity index (χ0n) is 10.4. The Morgan fingerprint density at radius 1 is 1.11 bits per heavy atom. The monoisotopic (exact) mass is 239 g/mol. The highest BCUT2D eigenvalue weighted by molar-refractivity contribution is 5.78. The van der Waals surface area contributed by atoms with Crippen LogP contribution in [0.5, 0.6) is 0 Å². The minimum Gasteiger partial charge on any atom is -0.303 e. The van der Waals surface area contributed by atoms with Crippen LogP contribution in [0.4, 0.5) is 0 Å². The lowest BCUT2D eigenvalue weighted by atomic mass is 9.79. The molecule has 0 radical (unpaired) electrons. The number of carbonyl (C=O) groups excluding carboxylic acids is 1. The topological polar surface area (TPSA) is 30.0 Å². The number of para-hydroxylation sites is 1. The van der Waals surface area contributed by atoms with Crippen molar-refractivity contribution in [1.82, 2.24) is 4.98 Å². The van der Waals surface area contributed by atoms with Crippen molar-refractivity contribution >= 4 is 17.2 Å². The second-order valence-corrected chi connectivity index (χ2v) is 5.21. The zero-order valence-corrected chi connectivity index (χ0v) is 10.4. The second-order valence-electron chi connectivity index (χ2n) is 5.21. The van der Waals surface area contributed by atoms with Crippen LogP contribution in [0.2, 0.25) is 0 Å². The molecule has 3 rings (SSSR count). The molecule has 0 spiro atoms. The predicted molar refractivity (Wildman–Crippen MR) is 72.5 cm³/mol. The molecule has 1 aromatic carbocycles. The third kappa shape index (κ3) is 2.15. The molecule has 0 unspecified atom stereocenters. The van der Waals surface area contributed by atoms with Crippen LogP contribution in [0.1, 0.15) is 37.2 Å². The molecule has 0 saturated heterocycles. The third-order valence-corrected chi connectivity index (χ3v) is 4.05. The lowest BCUT2D eigenvalue weighted by Gasteiger charge is -2.25. The minimum atomic E-state index is 0.287. The molecular weight excluding hydrogens is 222 g/mol. The number of fused-ring (bicyclic) bond motifs is 1. The van der Waals surface area contributed by atoms with E-state index in [1.165, 1.54) is 10.9 Å². The molecule has 1 saturated carbocycles. The van der Waals surface area contributed by atoms with Gasteiger partial charge in [-0.25, -0.2) is 0 Å². The van der Waals surface area contributed by atoms with Gasteiger partial charge >= 0.3 is 0 Å². The van der Waals surface area contributed by atoms with E-state index in [2.05, 4.69) is 23.2 Å². The van der Waals surface area contributed by atoms with Gasteiger partial charge in [-0.05, 0) is 49.3 Å². The van der Waals surface area contributed by atoms with Gasteiger partial charge in [0.2, 0.25) is 0 Å². The molecule has 0 aliphatic heterocycles. The van der Waals surface area contributed by atoms with Crippen molar-refractivity contribution in [2.75, 3.05) is 0 Å². The molecule has 1 aromatic heterocycles. The normalized spacial score (nSPS) is 24.0. The van der Waals surface area contributed by atoms with E-state index in [1.807, 2.05) is 18.3 Å². The van der Waals surface area contributed by atoms with Gasteiger partial charge in [-0.2, -0.15) is 0 Å². The number of hydrogen-bond donors (Lipinski definition) is 0. The zero-order chi connectivity index (χ0) is 12.4. The van der Waals surface area contributed by atoms with Gasteiger partial charge in [-0.1, -0.05) is 18.2 Å². The Hall–Kier alpha value is -1.70. The fourth-order valence-electron chi connectivity index (χ4n) is 2.90. The lowest BCUT2D eigenvalue weighted by molar-refractivity contribution is -0.111. The first-order chi connectivity index (χ1) is 8.86. The molecule has 0 atom stereocenters. The SMILES string of the molecule is O=CC1CCC(c2cnc3ccccc3c2)CC1. The molecule has 1 heterocycles. The highest BCUT2D eigenvalue weighted by Crippen LogP contribution is 2.35. The predicted octanol–water partition coefficient (Wildman–Crippen LogP) is 3.71. The number of hydrogen-bond acceptors (Lipinski definition) is 2. The van der Waals surface area contributed by atoms with Gasteiger partial charge in [-0.3, -0.25) is 4.98 Å². The van der Waals surface area contributed by atoms with Crippen molar-refractivity contribution in [3.05, 3.63) is 42.1 Å². The largest absolute Gasteiger partial charge is 0.303 e. The average molecular weight is 239 g/mol. The number of rotatable bonds is 2. The Morgan fingerprint density at radius 2 is 1.89 bits per heavy atom. The van der Waals surface area contributed by atoms with Crippen LogP contribution in [0.15, 0.2) is 36.5 Å². The standard InChI is InChI=1S/C16H17NO/c18-11-12-5-7-13(8-6-12)15-9-14-3-1-2-4-16(14)17-10-15/h1-4,9-13H,5-8H2. The number of pyridine rings is 1. The summed E-state index contributed by atoms with van der Waals surface area (Å²) in [6.07, 6.45) is 7.41. The summed E-state index contributed by atoms with van der Waals surface area (Å²) in [4.78, 5) is 15.3. The van der Waals surface area contributed by atoms with Crippen LogP contribution in [0.25, 0.3) is 10.9 Å². The first-order valence-corrected chi connectivity index (χ1v) is 6.67. The molecule has 2 heteroatoms. The first-order valence-electron chi connectivity index (χ1n) is 6.67. The van der Waals surface area contributed by atoms with E-state index >= 15 is 0 Å². The summed E-state index contributed by atoms with van der Waals surface area (Å²) < 4.78 is 0. The summed E-state index contributed by atoms with van der Waals surface area (Å²) in [5.41, 5.74) is 2.39. The van der Waals surface area contributed by atoms with Crippen molar-refractivity contribution in [3.8, 4) is 0 Å². The molecule has 1 aliphatic carbocycles. The van der Waals surface area contributed by atoms with Gasteiger partial charge in [0.1, 0.15) is 6.29 Å². The summed E-state index contributed by atoms with van der Waals surface area (Å²) in [7, 11) is 0. The van der Waals surface area contributed by atoms with Crippen molar-refractivity contribution in [1.29, 1.82) is 0 Å². The summed E-state index contributed by atoms with van der Waals surface area (Å²) in [5, 5.41) is 1.22. The third-order valence-electron chi connectivity index (χ3n) is 4.05. The van der Waals surface area contributed by atoms with Gasteiger partial charge in [0.25, 0.3) is 0 Å². The van der Waals surface area contributed by atoms with E-state index < -0.39 is 0 Å². The number of carbonyl (C=O) groups is 1. The summed E-state index contributed by atoms with van der Waals surface area (Å²) >= 11 is 0. The highest BCUT2D eigenvalue weighted by atomic mass is 16.1. The van der Waals surface area contributed by atoms with E-state index in [0.29, 0.717) is 5.92 Å². The van der Waals surface area contributed by atoms with Gasteiger partial charge in [0.05, 0.1) is 5.52 Å². The van der Waals surface area contributed by atoms with Gasteiger partial charge < -0.3 is 4.79 Å². The summed E-state index contributed by atoms with van der Waals surface area (Å²) in [5.74, 6) is 0.868. The van der Waals surface area contributed by atoms with Crippen LogP contribution in [0, 0.1) is 5.92 Å². The molecule has 2 nitrogen and oxygen atoms in total. The Kier molecular flexibility index (Phi) is 3.09. The molecule has 0 bridgehead atoms. The molecule has 1 aliphatic rings. The molecule has 18 heavy (non-hydrogen) atoms. The van der Waals surface area contributed by atoms with Crippen LogP contribution in [0.3, 0.4) is 0 Å². The average Bonchev–Trinajstić information content (AvgIpc) is 2.47. The van der Waals surface area contributed by atoms with E-state index in [-0.39, 0.29) is 5.92 Å². The van der Waals surface area contributed by atoms with Crippen LogP contribution in [-0.4, -0.2) is 11.3 Å². The maximum Gasteiger partial charge on any atom is 0.123 e. The first kappa shape index (κ1) is 11.4. The van der Waals surface area contributed by atoms with Crippen molar-refractivity contribution in [3.63, 3.8) is 0 Å². The Morgan fingerprint density at radius 3 is 2.67 bits per heavy atom. The summed E-state index contributed by atoms with van der Waals surface area (Å²) in [6.45, 7) is 0. The van der Waals surface area contributed by atoms with Crippen molar-refractivity contribution < 1.29 is 4.79 Å². The van der Waals surface area contributed by atoms with E-state index in [0.717, 1.165) is 37.5 Å². The molecular formula is C16H17NO. The quantitative estimate of drug-likeness (QED) is 0.748. The number of aldehydes is 1. The lowest BCUT2D eigenvalue weighted by Crippen LogP contribution is -2.14. The van der Waals surface area contributed by atoms with E-state index in [9.17, 15) is 4.79 Å². The van der Waals surface area contributed by atoms with Crippen LogP contribution in [-0.2, 0) is 4.79 Å². The van der Waals surface area contributed by atoms with Gasteiger partial charge in [0.15, 0.2) is 0 Å². The van der Waals surface area contributed by atoms with Crippen LogP contribution >= 0.6 is 0 Å². The molecule has 92 valence electrons. The molecule has 2 aromatic rings. The van der Waals surface area contributed by atoms with Gasteiger partial charge in [-0.15, -0.1) is 0 Å². The van der Waals surface area contributed by atoms with Crippen molar-refractivity contribution in [2.24, 2.45) is 5.92 Å². The number of benzene rings is 1. The van der Waals surface area contributed by atoms with E-state index in [1.54, 1.807) is 0 Å². The smallest absolute Gasteiger partial charge is 0.123 e. The van der Waals surface area contributed by atoms with Crippen LogP contribution < -0.4 is 0 Å². The second kappa shape index (κ2) is 4.89. The summed E-state index contributed by atoms with van der Waals surface area (Å²) in [6, 6.07) is 10.5. The fourth-order valence-corrected chi connectivity index (χ4v) is 2.90. The number of nitrogens with zero attached hydrogens (tertiary/aromatic N) is 1. The maximum absolute atomic E-state index is 10.8. The Labute approximate surface area is 107 Å². The van der Waals surface area contributed by atoms with E-state index in [4.69, 9.17) is 0 Å². The van der Waals surface area contributed by atoms with Gasteiger partial charge in [0, 0.05) is 17.5 Å². The Bertz CT molecular complexity index is 556. The maximum atomic E-state index is 10.8. The molecule has 0 amide bonds. The fraction of sp³-hybridized carbons (Fsp3) is 0.375. The van der Waals surface area contributed by atoms with Crippen molar-refractivity contribution in [2.45, 2.75) is 31.6 Å².